The van der Waals surface area contributed by atoms with Crippen LogP contribution in [0, 0.1) is 12.8 Å². The summed E-state index contributed by atoms with van der Waals surface area (Å²) in [6, 6.07) is 0. The summed E-state index contributed by atoms with van der Waals surface area (Å²) < 4.78 is 0. The highest BCUT2D eigenvalue weighted by molar-refractivity contribution is 7.99. The van der Waals surface area contributed by atoms with Gasteiger partial charge < -0.3 is 5.11 Å². The summed E-state index contributed by atoms with van der Waals surface area (Å²) >= 11 is 1.54. The van der Waals surface area contributed by atoms with Crippen molar-refractivity contribution in [3.05, 3.63) is 17.1 Å². The van der Waals surface area contributed by atoms with Gasteiger partial charge in [0, 0.05) is 11.7 Å². The fraction of sp³-hybridized carbons (Fsp3) is 0.667. The van der Waals surface area contributed by atoms with Crippen LogP contribution in [0.3, 0.4) is 0 Å². The molecule has 0 fully saturated rings. The van der Waals surface area contributed by atoms with Crippen LogP contribution in [0.2, 0.25) is 0 Å². The van der Waals surface area contributed by atoms with E-state index in [-0.39, 0.29) is 11.5 Å². The van der Waals surface area contributed by atoms with Gasteiger partial charge in [-0.3, -0.25) is 0 Å². The zero-order valence-corrected chi connectivity index (χ0v) is 13.8. The van der Waals surface area contributed by atoms with Gasteiger partial charge in [0.1, 0.15) is 16.4 Å². The number of aromatic nitrogens is 2. The molecule has 0 bridgehead atoms. The fourth-order valence-electron chi connectivity index (χ4n) is 1.97. The number of hydrogen-bond acceptors (Lipinski definition) is 4. The normalized spacial score (nSPS) is 12.7. The summed E-state index contributed by atoms with van der Waals surface area (Å²) in [5, 5.41) is 9.96. The zero-order chi connectivity index (χ0) is 15.3. The Bertz CT molecular complexity index is 475. The lowest BCUT2D eigenvalue weighted by Gasteiger charge is -2.14. The van der Waals surface area contributed by atoms with Crippen LogP contribution in [0.1, 0.15) is 68.3 Å². The first kappa shape index (κ1) is 17.0. The Morgan fingerprint density at radius 3 is 2.45 bits per heavy atom. The minimum Gasteiger partial charge on any atom is -0.478 e. The van der Waals surface area contributed by atoms with Crippen molar-refractivity contribution in [2.75, 3.05) is 5.75 Å². The van der Waals surface area contributed by atoms with E-state index >= 15 is 0 Å². The molecule has 1 heterocycles. The van der Waals surface area contributed by atoms with Crippen LogP contribution in [-0.4, -0.2) is 26.8 Å². The second kappa shape index (κ2) is 7.62. The van der Waals surface area contributed by atoms with Crippen LogP contribution in [-0.2, 0) is 0 Å². The zero-order valence-electron chi connectivity index (χ0n) is 12.9. The molecule has 112 valence electrons. The van der Waals surface area contributed by atoms with E-state index < -0.39 is 5.97 Å². The third-order valence-corrected chi connectivity index (χ3v) is 4.39. The second-order valence-corrected chi connectivity index (χ2v) is 6.52. The number of aromatic carboxylic acids is 1. The molecule has 1 unspecified atom stereocenters. The molecule has 1 atom stereocenters. The van der Waals surface area contributed by atoms with Crippen molar-refractivity contribution in [1.29, 1.82) is 0 Å². The first-order valence-corrected chi connectivity index (χ1v) is 8.09. The average Bonchev–Trinajstić information content (AvgIpc) is 2.35. The van der Waals surface area contributed by atoms with Crippen LogP contribution in [0.4, 0.5) is 0 Å². The van der Waals surface area contributed by atoms with Gasteiger partial charge in [-0.15, -0.1) is 11.8 Å². The largest absolute Gasteiger partial charge is 0.478 e. The van der Waals surface area contributed by atoms with E-state index in [1.54, 1.807) is 6.92 Å². The van der Waals surface area contributed by atoms with E-state index in [1.807, 2.05) is 13.8 Å². The summed E-state index contributed by atoms with van der Waals surface area (Å²) in [6.07, 6.45) is 2.30. The van der Waals surface area contributed by atoms with Crippen molar-refractivity contribution < 1.29 is 9.90 Å². The Hall–Kier alpha value is -1.10. The molecule has 1 N–H and O–H groups in total. The Labute approximate surface area is 125 Å². The number of carboxylic acids is 1. The highest BCUT2D eigenvalue weighted by Crippen LogP contribution is 2.27. The standard InChI is InChI=1S/C15H24N2O2S/c1-6-7-10(4)8-20-14-12(15(18)19)11(5)16-13(17-14)9(2)3/h9-10H,6-8H2,1-5H3,(H,18,19). The third-order valence-electron chi connectivity index (χ3n) is 3.09. The molecule has 1 aromatic rings. The first-order chi connectivity index (χ1) is 9.36. The third kappa shape index (κ3) is 4.47. The number of hydrogen-bond donors (Lipinski definition) is 1. The van der Waals surface area contributed by atoms with Crippen molar-refractivity contribution in [3.8, 4) is 0 Å². The fourth-order valence-corrected chi connectivity index (χ4v) is 3.12. The molecule has 0 aromatic carbocycles. The minimum atomic E-state index is -0.941. The van der Waals surface area contributed by atoms with Gasteiger partial charge in [-0.05, 0) is 12.8 Å². The Morgan fingerprint density at radius 2 is 1.95 bits per heavy atom. The van der Waals surface area contributed by atoms with Gasteiger partial charge in [-0.25, -0.2) is 14.8 Å². The SMILES string of the molecule is CCCC(C)CSc1nc(C(C)C)nc(C)c1C(=O)O. The van der Waals surface area contributed by atoms with Gasteiger partial charge in [-0.1, -0.05) is 40.5 Å². The van der Waals surface area contributed by atoms with Crippen LogP contribution in [0.15, 0.2) is 5.03 Å². The van der Waals surface area contributed by atoms with Gasteiger partial charge in [-0.2, -0.15) is 0 Å². The maximum atomic E-state index is 11.4. The predicted molar refractivity (Wildman–Crippen MR) is 82.6 cm³/mol. The molecule has 0 amide bonds. The lowest BCUT2D eigenvalue weighted by atomic mass is 10.1. The van der Waals surface area contributed by atoms with Gasteiger partial charge >= 0.3 is 5.97 Å². The minimum absolute atomic E-state index is 0.198. The highest BCUT2D eigenvalue weighted by atomic mass is 32.2. The molecule has 0 spiro atoms. The lowest BCUT2D eigenvalue weighted by Crippen LogP contribution is -2.11. The quantitative estimate of drug-likeness (QED) is 0.605. The van der Waals surface area contributed by atoms with Crippen LogP contribution < -0.4 is 0 Å². The molecule has 1 rings (SSSR count). The van der Waals surface area contributed by atoms with Crippen molar-refractivity contribution in [3.63, 3.8) is 0 Å². The predicted octanol–water partition coefficient (Wildman–Crippen LogP) is 4.13. The van der Waals surface area contributed by atoms with Gasteiger partial charge in [0.15, 0.2) is 0 Å². The van der Waals surface area contributed by atoms with Gasteiger partial charge in [0.25, 0.3) is 0 Å². The highest BCUT2D eigenvalue weighted by Gasteiger charge is 2.19. The average molecular weight is 296 g/mol. The topological polar surface area (TPSA) is 63.1 Å². The number of rotatable bonds is 7. The van der Waals surface area contributed by atoms with E-state index in [4.69, 9.17) is 0 Å². The van der Waals surface area contributed by atoms with E-state index in [2.05, 4.69) is 23.8 Å². The molecule has 0 aliphatic heterocycles. The maximum absolute atomic E-state index is 11.4. The Balaban J connectivity index is 3.04. The molecule has 0 aliphatic rings. The number of thioether (sulfide) groups is 1. The van der Waals surface area contributed by atoms with Gasteiger partial charge in [0.05, 0.1) is 5.69 Å². The van der Waals surface area contributed by atoms with Crippen molar-refractivity contribution in [2.45, 2.75) is 58.4 Å². The van der Waals surface area contributed by atoms with Crippen LogP contribution in [0.25, 0.3) is 0 Å². The van der Waals surface area contributed by atoms with E-state index in [0.717, 1.165) is 24.4 Å². The molecular weight excluding hydrogens is 272 g/mol. The first-order valence-electron chi connectivity index (χ1n) is 7.11. The van der Waals surface area contributed by atoms with Crippen LogP contribution in [0.5, 0.6) is 0 Å². The van der Waals surface area contributed by atoms with Crippen LogP contribution >= 0.6 is 11.8 Å². The molecule has 5 heteroatoms. The van der Waals surface area contributed by atoms with Crippen molar-refractivity contribution in [2.24, 2.45) is 5.92 Å². The summed E-state index contributed by atoms with van der Waals surface area (Å²) in [4.78, 5) is 20.2. The van der Waals surface area contributed by atoms with Crippen molar-refractivity contribution in [1.82, 2.24) is 9.97 Å². The monoisotopic (exact) mass is 296 g/mol. The molecule has 0 radical (unpaired) electrons. The summed E-state index contributed by atoms with van der Waals surface area (Å²) in [6.45, 7) is 10.1. The second-order valence-electron chi connectivity index (χ2n) is 5.51. The van der Waals surface area contributed by atoms with E-state index in [9.17, 15) is 9.90 Å². The molecule has 20 heavy (non-hydrogen) atoms. The smallest absolute Gasteiger partial charge is 0.340 e. The lowest BCUT2D eigenvalue weighted by molar-refractivity contribution is 0.0690. The molecule has 0 aliphatic carbocycles. The number of aryl methyl sites for hydroxylation is 1. The van der Waals surface area contributed by atoms with E-state index in [1.165, 1.54) is 11.8 Å². The number of carbonyl (C=O) groups is 1. The molecular formula is C15H24N2O2S. The molecule has 1 aromatic heterocycles. The van der Waals surface area contributed by atoms with Gasteiger partial charge in [0.2, 0.25) is 0 Å². The summed E-state index contributed by atoms with van der Waals surface area (Å²) in [5.74, 6) is 1.43. The maximum Gasteiger partial charge on any atom is 0.340 e. The summed E-state index contributed by atoms with van der Waals surface area (Å²) in [5.41, 5.74) is 0.810. The molecule has 4 nitrogen and oxygen atoms in total. The molecule has 0 saturated heterocycles. The van der Waals surface area contributed by atoms with E-state index in [0.29, 0.717) is 16.6 Å². The Kier molecular flexibility index (Phi) is 6.46. The number of carboxylic acid groups (broad SMARTS) is 1. The summed E-state index contributed by atoms with van der Waals surface area (Å²) in [7, 11) is 0. The van der Waals surface area contributed by atoms with Crippen molar-refractivity contribution >= 4 is 17.7 Å². The number of nitrogens with zero attached hydrogens (tertiary/aromatic N) is 2. The Morgan fingerprint density at radius 1 is 1.30 bits per heavy atom. The molecule has 0 saturated carbocycles.